The number of allylic oxidation sites excluding steroid dienone is 18. The van der Waals surface area contributed by atoms with Crippen molar-refractivity contribution in [2.75, 3.05) is 13.2 Å². The van der Waals surface area contributed by atoms with E-state index < -0.39 is 6.10 Å². The maximum atomic E-state index is 12.8. The van der Waals surface area contributed by atoms with E-state index in [1.54, 1.807) is 0 Å². The van der Waals surface area contributed by atoms with Gasteiger partial charge in [0, 0.05) is 19.3 Å². The Hall–Kier alpha value is -3.93. The Labute approximate surface area is 444 Å². The van der Waals surface area contributed by atoms with Crippen molar-refractivity contribution in [1.82, 2.24) is 0 Å². The fourth-order valence-corrected chi connectivity index (χ4v) is 8.03. The van der Waals surface area contributed by atoms with Gasteiger partial charge >= 0.3 is 17.9 Å². The van der Waals surface area contributed by atoms with Crippen LogP contribution in [-0.4, -0.2) is 37.2 Å². The number of unbranched alkanes of at least 4 members (excludes halogenated alkanes) is 24. The van der Waals surface area contributed by atoms with Crippen LogP contribution in [-0.2, 0) is 28.6 Å². The van der Waals surface area contributed by atoms with Crippen LogP contribution in [0.2, 0.25) is 0 Å². The highest BCUT2D eigenvalue weighted by atomic mass is 16.6. The van der Waals surface area contributed by atoms with Crippen molar-refractivity contribution in [2.24, 2.45) is 0 Å². The Morgan fingerprint density at radius 3 is 0.889 bits per heavy atom. The Morgan fingerprint density at radius 2 is 0.556 bits per heavy atom. The number of carbonyl (C=O) groups is 3. The van der Waals surface area contributed by atoms with E-state index in [9.17, 15) is 14.4 Å². The minimum absolute atomic E-state index is 0.0891. The maximum absolute atomic E-state index is 12.8. The Morgan fingerprint density at radius 1 is 0.292 bits per heavy atom. The van der Waals surface area contributed by atoms with Gasteiger partial charge in [0.15, 0.2) is 6.10 Å². The predicted octanol–water partition coefficient (Wildman–Crippen LogP) is 20.3. The van der Waals surface area contributed by atoms with Crippen molar-refractivity contribution in [3.63, 3.8) is 0 Å². The summed E-state index contributed by atoms with van der Waals surface area (Å²) in [6, 6.07) is 0. The number of esters is 3. The lowest BCUT2D eigenvalue weighted by Gasteiger charge is -2.18. The smallest absolute Gasteiger partial charge is 0.306 e. The van der Waals surface area contributed by atoms with Crippen LogP contribution in [0.4, 0.5) is 0 Å². The molecule has 0 saturated carbocycles. The zero-order valence-electron chi connectivity index (χ0n) is 46.9. The molecule has 0 aliphatic rings. The molecule has 0 aliphatic carbocycles. The van der Waals surface area contributed by atoms with E-state index >= 15 is 0 Å². The first kappa shape index (κ1) is 68.1. The van der Waals surface area contributed by atoms with Gasteiger partial charge in [0.1, 0.15) is 13.2 Å². The monoisotopic (exact) mass is 999 g/mol. The Kier molecular flexibility index (Phi) is 56.4. The van der Waals surface area contributed by atoms with E-state index in [4.69, 9.17) is 14.2 Å². The summed E-state index contributed by atoms with van der Waals surface area (Å²) in [5.74, 6) is -0.920. The third-order valence-corrected chi connectivity index (χ3v) is 12.5. The quantitative estimate of drug-likeness (QED) is 0.0261. The lowest BCUT2D eigenvalue weighted by Crippen LogP contribution is -2.30. The summed E-state index contributed by atoms with van der Waals surface area (Å²) in [6.45, 7) is 6.46. The number of ether oxygens (including phenoxy) is 3. The lowest BCUT2D eigenvalue weighted by atomic mass is 10.0. The molecule has 0 aromatic rings. The first-order chi connectivity index (χ1) is 35.5. The molecule has 1 unspecified atom stereocenters. The molecule has 0 saturated heterocycles. The predicted molar refractivity (Wildman–Crippen MR) is 311 cm³/mol. The minimum Gasteiger partial charge on any atom is -0.462 e. The molecular formula is C66H110O6. The maximum Gasteiger partial charge on any atom is 0.306 e. The standard InChI is InChI=1S/C66H110O6/c1-4-7-10-13-16-19-22-25-27-28-29-30-31-32-33-34-35-36-37-38-39-42-44-47-50-53-56-59-65(68)71-62-63(61-70-64(67)58-55-52-49-46-43-40-24-21-18-15-12-9-6-3)72-66(69)60-57-54-51-48-45-41-26-23-20-17-14-11-8-5-2/h7,10,14,16-17,19,23,25-27,29-30,32-33,35-36,38-39,63H,4-6,8-9,11-13,15,18,20-22,24,28,31,34,37,40-62H2,1-3H3/b10-7-,17-14-,19-16-,26-23-,27-25-,30-29-,33-32-,36-35-,39-38-. The first-order valence-electron chi connectivity index (χ1n) is 29.9. The van der Waals surface area contributed by atoms with Gasteiger partial charge in [0.05, 0.1) is 0 Å². The van der Waals surface area contributed by atoms with Crippen molar-refractivity contribution in [3.05, 3.63) is 109 Å². The van der Waals surface area contributed by atoms with E-state index in [0.717, 1.165) is 148 Å². The third kappa shape index (κ3) is 57.0. The van der Waals surface area contributed by atoms with Crippen molar-refractivity contribution in [1.29, 1.82) is 0 Å². The summed E-state index contributed by atoms with van der Waals surface area (Å²) in [6.07, 6.45) is 80.8. The number of rotatable bonds is 53. The van der Waals surface area contributed by atoms with Crippen molar-refractivity contribution < 1.29 is 28.6 Å². The van der Waals surface area contributed by atoms with Gasteiger partial charge in [-0.05, 0) is 103 Å². The van der Waals surface area contributed by atoms with Crippen molar-refractivity contribution in [2.45, 2.75) is 277 Å². The van der Waals surface area contributed by atoms with E-state index in [1.165, 1.54) is 83.5 Å². The highest BCUT2D eigenvalue weighted by Gasteiger charge is 2.19. The van der Waals surface area contributed by atoms with Gasteiger partial charge in [-0.25, -0.2) is 0 Å². The highest BCUT2D eigenvalue weighted by molar-refractivity contribution is 5.71. The molecular weight excluding hydrogens is 889 g/mol. The van der Waals surface area contributed by atoms with Gasteiger partial charge in [-0.15, -0.1) is 0 Å². The fraction of sp³-hybridized carbons (Fsp3) is 0.682. The molecule has 0 amide bonds. The molecule has 0 aliphatic heterocycles. The molecule has 6 heteroatoms. The molecule has 0 rings (SSSR count). The number of carbonyl (C=O) groups excluding carboxylic acids is 3. The van der Waals surface area contributed by atoms with Crippen LogP contribution in [0.3, 0.4) is 0 Å². The molecule has 1 atom stereocenters. The van der Waals surface area contributed by atoms with Crippen LogP contribution >= 0.6 is 0 Å². The van der Waals surface area contributed by atoms with E-state index in [1.807, 2.05) is 0 Å². The topological polar surface area (TPSA) is 78.9 Å². The zero-order valence-corrected chi connectivity index (χ0v) is 46.9. The SMILES string of the molecule is CC/C=C\C/C=C\C/C=C\C/C=C\C/C=C\C/C=C\C/C=C\CCCCCCCC(=O)OCC(COC(=O)CCCCCCCCCCCCCCC)OC(=O)CCCCCCC/C=C\C/C=C\CCCC. The molecule has 0 aromatic heterocycles. The van der Waals surface area contributed by atoms with Gasteiger partial charge in [-0.3, -0.25) is 14.4 Å². The lowest BCUT2D eigenvalue weighted by molar-refractivity contribution is -0.167. The fourth-order valence-electron chi connectivity index (χ4n) is 8.03. The van der Waals surface area contributed by atoms with Gasteiger partial charge in [0.25, 0.3) is 0 Å². The van der Waals surface area contributed by atoms with Gasteiger partial charge in [0.2, 0.25) is 0 Å². The molecule has 410 valence electrons. The summed E-state index contributed by atoms with van der Waals surface area (Å²) in [5.41, 5.74) is 0. The summed E-state index contributed by atoms with van der Waals surface area (Å²) in [4.78, 5) is 38.2. The second-order valence-corrected chi connectivity index (χ2v) is 19.5. The normalized spacial score (nSPS) is 12.9. The Balaban J connectivity index is 4.36. The van der Waals surface area contributed by atoms with E-state index in [-0.39, 0.29) is 31.1 Å². The first-order valence-corrected chi connectivity index (χ1v) is 29.9. The highest BCUT2D eigenvalue weighted by Crippen LogP contribution is 2.15. The van der Waals surface area contributed by atoms with Crippen LogP contribution in [0.5, 0.6) is 0 Å². The average molecular weight is 1000 g/mol. The van der Waals surface area contributed by atoms with Gasteiger partial charge in [-0.1, -0.05) is 259 Å². The van der Waals surface area contributed by atoms with Crippen LogP contribution in [0.25, 0.3) is 0 Å². The summed E-state index contributed by atoms with van der Waals surface area (Å²) < 4.78 is 16.8. The number of hydrogen-bond donors (Lipinski definition) is 0. The summed E-state index contributed by atoms with van der Waals surface area (Å²) >= 11 is 0. The summed E-state index contributed by atoms with van der Waals surface area (Å²) in [5, 5.41) is 0. The minimum atomic E-state index is -0.794. The van der Waals surface area contributed by atoms with Crippen molar-refractivity contribution >= 4 is 17.9 Å². The molecule has 0 spiro atoms. The molecule has 0 radical (unpaired) electrons. The van der Waals surface area contributed by atoms with Crippen LogP contribution in [0.1, 0.15) is 271 Å². The second-order valence-electron chi connectivity index (χ2n) is 19.5. The molecule has 6 nitrogen and oxygen atoms in total. The van der Waals surface area contributed by atoms with E-state index in [0.29, 0.717) is 19.3 Å². The van der Waals surface area contributed by atoms with Gasteiger partial charge < -0.3 is 14.2 Å². The van der Waals surface area contributed by atoms with Crippen LogP contribution < -0.4 is 0 Å². The van der Waals surface area contributed by atoms with Gasteiger partial charge in [-0.2, -0.15) is 0 Å². The average Bonchev–Trinajstić information content (AvgIpc) is 3.38. The van der Waals surface area contributed by atoms with Crippen LogP contribution in [0.15, 0.2) is 109 Å². The molecule has 0 aromatic carbocycles. The zero-order chi connectivity index (χ0) is 52.2. The Bertz CT molecular complexity index is 1470. The molecule has 0 N–H and O–H groups in total. The van der Waals surface area contributed by atoms with E-state index in [2.05, 4.69) is 130 Å². The largest absolute Gasteiger partial charge is 0.462 e. The summed E-state index contributed by atoms with van der Waals surface area (Å²) in [7, 11) is 0. The van der Waals surface area contributed by atoms with Crippen LogP contribution in [0, 0.1) is 0 Å². The third-order valence-electron chi connectivity index (χ3n) is 12.5. The molecule has 72 heavy (non-hydrogen) atoms. The molecule has 0 heterocycles. The molecule has 0 bridgehead atoms. The second kappa shape index (κ2) is 59.6. The number of hydrogen-bond acceptors (Lipinski definition) is 6. The van der Waals surface area contributed by atoms with Crippen molar-refractivity contribution in [3.8, 4) is 0 Å². The molecule has 0 fully saturated rings.